The second-order valence-electron chi connectivity index (χ2n) is 6.16. The zero-order chi connectivity index (χ0) is 16.2. The van der Waals surface area contributed by atoms with E-state index < -0.39 is 10.0 Å². The molecule has 6 heteroatoms. The average molecular weight is 324 g/mol. The van der Waals surface area contributed by atoms with Crippen molar-refractivity contribution < 1.29 is 13.2 Å². The number of amides is 1. The molecule has 1 aromatic carbocycles. The van der Waals surface area contributed by atoms with Gasteiger partial charge < -0.3 is 5.32 Å². The zero-order valence-electron chi connectivity index (χ0n) is 13.2. The third kappa shape index (κ3) is 4.55. The molecule has 1 heterocycles. The predicted octanol–water partition coefficient (Wildman–Crippen LogP) is 2.00. The summed E-state index contributed by atoms with van der Waals surface area (Å²) in [6.07, 6.45) is 1.88. The number of carbonyl (C=O) groups is 1. The molecule has 22 heavy (non-hydrogen) atoms. The first-order valence-corrected chi connectivity index (χ1v) is 9.34. The average Bonchev–Trinajstić information content (AvgIpc) is 3.00. The molecule has 0 radical (unpaired) electrons. The van der Waals surface area contributed by atoms with Crippen LogP contribution < -0.4 is 5.32 Å². The van der Waals surface area contributed by atoms with Crippen LogP contribution >= 0.6 is 0 Å². The van der Waals surface area contributed by atoms with Gasteiger partial charge in [-0.15, -0.1) is 0 Å². The largest absolute Gasteiger partial charge is 0.352 e. The number of benzene rings is 1. The van der Waals surface area contributed by atoms with E-state index in [2.05, 4.69) is 5.32 Å². The number of nitrogens with zero attached hydrogens (tertiary/aromatic N) is 1. The van der Waals surface area contributed by atoms with Gasteiger partial charge in [0.1, 0.15) is 0 Å². The van der Waals surface area contributed by atoms with Crippen LogP contribution in [-0.4, -0.2) is 38.3 Å². The van der Waals surface area contributed by atoms with E-state index in [0.29, 0.717) is 36.7 Å². The SMILES string of the molecule is CC(C)CNC(=O)c1ccc(CS(=O)(=O)N2CCCC2)cc1. The molecule has 0 aromatic heterocycles. The summed E-state index contributed by atoms with van der Waals surface area (Å²) in [7, 11) is -3.23. The van der Waals surface area contributed by atoms with Crippen molar-refractivity contribution in [1.29, 1.82) is 0 Å². The van der Waals surface area contributed by atoms with E-state index in [9.17, 15) is 13.2 Å². The standard InChI is InChI=1S/C16H24N2O3S/c1-13(2)11-17-16(19)15-7-5-14(6-8-15)12-22(20,21)18-9-3-4-10-18/h5-8,13H,3-4,9-12H2,1-2H3,(H,17,19). The number of rotatable bonds is 6. The van der Waals surface area contributed by atoms with Gasteiger partial charge in [-0.1, -0.05) is 26.0 Å². The Bertz CT molecular complexity index is 603. The summed E-state index contributed by atoms with van der Waals surface area (Å²) in [6.45, 7) is 5.94. The molecule has 0 spiro atoms. The van der Waals surface area contributed by atoms with E-state index >= 15 is 0 Å². The molecule has 1 aliphatic rings. The number of nitrogens with one attached hydrogen (secondary N) is 1. The van der Waals surface area contributed by atoms with Gasteiger partial charge in [0.05, 0.1) is 5.75 Å². The van der Waals surface area contributed by atoms with E-state index in [1.54, 1.807) is 28.6 Å². The lowest BCUT2D eigenvalue weighted by molar-refractivity contribution is 0.0949. The number of carbonyl (C=O) groups excluding carboxylic acids is 1. The fraction of sp³-hybridized carbons (Fsp3) is 0.562. The molecule has 2 rings (SSSR count). The Labute approximate surface area is 132 Å². The van der Waals surface area contributed by atoms with Crippen molar-refractivity contribution in [3.05, 3.63) is 35.4 Å². The molecule has 1 aliphatic heterocycles. The van der Waals surface area contributed by atoms with Crippen LogP contribution in [0.2, 0.25) is 0 Å². The molecular weight excluding hydrogens is 300 g/mol. The second kappa shape index (κ2) is 7.24. The molecule has 1 aromatic rings. The van der Waals surface area contributed by atoms with E-state index in [1.807, 2.05) is 13.8 Å². The highest BCUT2D eigenvalue weighted by atomic mass is 32.2. The Hall–Kier alpha value is -1.40. The van der Waals surface area contributed by atoms with Gasteiger partial charge in [-0.05, 0) is 36.5 Å². The maximum absolute atomic E-state index is 12.2. The molecule has 1 N–H and O–H groups in total. The van der Waals surface area contributed by atoms with E-state index in [-0.39, 0.29) is 11.7 Å². The second-order valence-corrected chi connectivity index (χ2v) is 8.13. The van der Waals surface area contributed by atoms with Gasteiger partial charge in [-0.3, -0.25) is 4.79 Å². The zero-order valence-corrected chi connectivity index (χ0v) is 14.0. The quantitative estimate of drug-likeness (QED) is 0.870. The summed E-state index contributed by atoms with van der Waals surface area (Å²) in [4.78, 5) is 11.9. The molecule has 1 amide bonds. The Morgan fingerprint density at radius 1 is 1.18 bits per heavy atom. The Kier molecular flexibility index (Phi) is 5.58. The molecule has 0 aliphatic carbocycles. The third-order valence-electron chi connectivity index (χ3n) is 3.69. The summed E-state index contributed by atoms with van der Waals surface area (Å²) in [5.41, 5.74) is 1.27. The van der Waals surface area contributed by atoms with Crippen LogP contribution in [0.15, 0.2) is 24.3 Å². The fourth-order valence-electron chi connectivity index (χ4n) is 2.42. The molecule has 0 bridgehead atoms. The van der Waals surface area contributed by atoms with E-state index in [0.717, 1.165) is 12.8 Å². The highest BCUT2D eigenvalue weighted by molar-refractivity contribution is 7.88. The summed E-state index contributed by atoms with van der Waals surface area (Å²) >= 11 is 0. The van der Waals surface area contributed by atoms with Crippen molar-refractivity contribution >= 4 is 15.9 Å². The van der Waals surface area contributed by atoms with Crippen LogP contribution in [0.4, 0.5) is 0 Å². The first-order chi connectivity index (χ1) is 10.4. The molecule has 1 saturated heterocycles. The van der Waals surface area contributed by atoms with Crippen molar-refractivity contribution in [1.82, 2.24) is 9.62 Å². The minimum atomic E-state index is -3.23. The normalized spacial score (nSPS) is 16.1. The minimum absolute atomic E-state index is 0.000886. The highest BCUT2D eigenvalue weighted by Gasteiger charge is 2.25. The molecular formula is C16H24N2O3S. The topological polar surface area (TPSA) is 66.5 Å². The van der Waals surface area contributed by atoms with Gasteiger partial charge in [-0.25, -0.2) is 12.7 Å². The van der Waals surface area contributed by atoms with Gasteiger partial charge in [0.25, 0.3) is 5.91 Å². The minimum Gasteiger partial charge on any atom is -0.352 e. The van der Waals surface area contributed by atoms with Crippen molar-refractivity contribution in [2.24, 2.45) is 5.92 Å². The van der Waals surface area contributed by atoms with Crippen molar-refractivity contribution in [2.45, 2.75) is 32.4 Å². The number of sulfonamides is 1. The van der Waals surface area contributed by atoms with Crippen molar-refractivity contribution in [3.8, 4) is 0 Å². The molecule has 1 fully saturated rings. The monoisotopic (exact) mass is 324 g/mol. The Morgan fingerprint density at radius 2 is 1.77 bits per heavy atom. The number of hydrogen-bond acceptors (Lipinski definition) is 3. The third-order valence-corrected chi connectivity index (χ3v) is 5.54. The van der Waals surface area contributed by atoms with Crippen LogP contribution in [-0.2, 0) is 15.8 Å². The van der Waals surface area contributed by atoms with Gasteiger partial charge in [0.15, 0.2) is 0 Å². The van der Waals surface area contributed by atoms with E-state index in [4.69, 9.17) is 0 Å². The molecule has 0 saturated carbocycles. The predicted molar refractivity (Wildman–Crippen MR) is 87.0 cm³/mol. The fourth-order valence-corrected chi connectivity index (χ4v) is 4.03. The highest BCUT2D eigenvalue weighted by Crippen LogP contribution is 2.17. The smallest absolute Gasteiger partial charge is 0.251 e. The van der Waals surface area contributed by atoms with E-state index in [1.165, 1.54) is 0 Å². The van der Waals surface area contributed by atoms with Gasteiger partial charge in [-0.2, -0.15) is 0 Å². The lowest BCUT2D eigenvalue weighted by Crippen LogP contribution is -2.29. The lowest BCUT2D eigenvalue weighted by atomic mass is 10.1. The first-order valence-electron chi connectivity index (χ1n) is 7.73. The van der Waals surface area contributed by atoms with Crippen LogP contribution in [0.3, 0.4) is 0 Å². The molecule has 0 atom stereocenters. The van der Waals surface area contributed by atoms with Crippen molar-refractivity contribution in [2.75, 3.05) is 19.6 Å². The first kappa shape index (κ1) is 17.0. The summed E-state index contributed by atoms with van der Waals surface area (Å²) in [6, 6.07) is 6.81. The molecule has 5 nitrogen and oxygen atoms in total. The summed E-state index contributed by atoms with van der Waals surface area (Å²) in [5, 5.41) is 2.85. The molecule has 122 valence electrons. The maximum Gasteiger partial charge on any atom is 0.251 e. The van der Waals surface area contributed by atoms with Crippen LogP contribution in [0.1, 0.15) is 42.6 Å². The van der Waals surface area contributed by atoms with Crippen molar-refractivity contribution in [3.63, 3.8) is 0 Å². The summed E-state index contributed by atoms with van der Waals surface area (Å²) < 4.78 is 26.0. The Balaban J connectivity index is 1.98. The molecule has 0 unspecified atom stereocenters. The Morgan fingerprint density at radius 3 is 2.32 bits per heavy atom. The van der Waals surface area contributed by atoms with Crippen LogP contribution in [0.5, 0.6) is 0 Å². The maximum atomic E-state index is 12.2. The van der Waals surface area contributed by atoms with Gasteiger partial charge in [0, 0.05) is 25.2 Å². The van der Waals surface area contributed by atoms with Crippen LogP contribution in [0, 0.1) is 5.92 Å². The van der Waals surface area contributed by atoms with Gasteiger partial charge in [0.2, 0.25) is 10.0 Å². The number of hydrogen-bond donors (Lipinski definition) is 1. The lowest BCUT2D eigenvalue weighted by Gasteiger charge is -2.15. The summed E-state index contributed by atoms with van der Waals surface area (Å²) in [5.74, 6) is 0.275. The van der Waals surface area contributed by atoms with Crippen LogP contribution in [0.25, 0.3) is 0 Å². The van der Waals surface area contributed by atoms with Gasteiger partial charge >= 0.3 is 0 Å².